The van der Waals surface area contributed by atoms with Crippen LogP contribution in [0, 0.1) is 35.6 Å². The van der Waals surface area contributed by atoms with Gasteiger partial charge in [0.05, 0.1) is 0 Å². The van der Waals surface area contributed by atoms with E-state index in [1.807, 2.05) is 0 Å². The third-order valence-corrected chi connectivity index (χ3v) is 0. The average Bonchev–Trinajstić information content (AvgIpc) is 1.19. The summed E-state index contributed by atoms with van der Waals surface area (Å²) in [6.45, 7) is 1.08. The van der Waals surface area contributed by atoms with E-state index in [0.29, 0.717) is 0 Å². The molecule has 0 aromatic heterocycles. The Bertz CT molecular complexity index is 163. The summed E-state index contributed by atoms with van der Waals surface area (Å²) in [7, 11) is -4.67. The maximum absolute atomic E-state index is 9.00. The first-order chi connectivity index (χ1) is 3.73. The zero-order valence-corrected chi connectivity index (χ0v) is 10.9. The second-order valence-electron chi connectivity index (χ2n) is 0.967. The van der Waals surface area contributed by atoms with Gasteiger partial charge >= 0.3 is 10.4 Å². The summed E-state index contributed by atoms with van der Waals surface area (Å²) in [4.78, 5) is 9.00. The smallest absolute Gasteiger partial charge is 0.394 e. The Balaban J connectivity index is -0.0000000383. The topological polar surface area (TPSA) is 112 Å². The molecule has 0 bridgehead atoms. The van der Waals surface area contributed by atoms with Crippen LogP contribution in [0.3, 0.4) is 0 Å². The molecule has 0 aromatic rings. The van der Waals surface area contributed by atoms with E-state index in [1.165, 1.54) is 0 Å². The molecule has 2 radical (unpaired) electrons. The molecule has 0 spiro atoms. The van der Waals surface area contributed by atoms with Gasteiger partial charge in [0.15, 0.2) is 0 Å². The molecule has 3 N–H and O–H groups in total. The SMILES string of the molecule is CC(=O)O.O=S(=O)(O)O.[Co].[La]. The van der Waals surface area contributed by atoms with E-state index >= 15 is 0 Å². The van der Waals surface area contributed by atoms with Crippen LogP contribution in [0.1, 0.15) is 6.92 Å². The van der Waals surface area contributed by atoms with E-state index in [9.17, 15) is 0 Å². The van der Waals surface area contributed by atoms with E-state index in [1.54, 1.807) is 0 Å². The van der Waals surface area contributed by atoms with Crippen molar-refractivity contribution >= 4 is 16.4 Å². The molecule has 0 saturated heterocycles. The third kappa shape index (κ3) is 832. The Morgan fingerprint density at radius 3 is 1.27 bits per heavy atom. The predicted octanol–water partition coefficient (Wildman–Crippen LogP) is -0.564. The second kappa shape index (κ2) is 11.0. The fraction of sp³-hybridized carbons (Fsp3) is 0.500. The minimum Gasteiger partial charge on any atom is -0.481 e. The molecule has 0 unspecified atom stereocenters. The minimum absolute atomic E-state index is 0. The van der Waals surface area contributed by atoms with Crippen LogP contribution >= 0.6 is 0 Å². The van der Waals surface area contributed by atoms with Crippen molar-refractivity contribution in [3.05, 3.63) is 0 Å². The van der Waals surface area contributed by atoms with Crippen molar-refractivity contribution in [1.29, 1.82) is 0 Å². The summed E-state index contributed by atoms with van der Waals surface area (Å²) >= 11 is 0. The van der Waals surface area contributed by atoms with Gasteiger partial charge in [-0.15, -0.1) is 0 Å². The first kappa shape index (κ1) is 22.7. The summed E-state index contributed by atoms with van der Waals surface area (Å²) in [5.41, 5.74) is 0. The van der Waals surface area contributed by atoms with Gasteiger partial charge in [0.1, 0.15) is 0 Å². The monoisotopic (exact) mass is 356 g/mol. The molecule has 6 nitrogen and oxygen atoms in total. The molecule has 0 aliphatic heterocycles. The van der Waals surface area contributed by atoms with Crippen LogP contribution < -0.4 is 0 Å². The molecule has 0 fully saturated rings. The summed E-state index contributed by atoms with van der Waals surface area (Å²) in [6, 6.07) is 0. The van der Waals surface area contributed by atoms with Gasteiger partial charge in [-0.2, -0.15) is 8.42 Å². The normalized spacial score (nSPS) is 7.55. The van der Waals surface area contributed by atoms with Gasteiger partial charge in [0, 0.05) is 59.3 Å². The van der Waals surface area contributed by atoms with Gasteiger partial charge in [0.2, 0.25) is 0 Å². The van der Waals surface area contributed by atoms with Gasteiger partial charge in [0.25, 0.3) is 5.97 Å². The number of carboxylic acid groups (broad SMARTS) is 1. The van der Waals surface area contributed by atoms with Gasteiger partial charge in [-0.25, -0.2) is 0 Å². The van der Waals surface area contributed by atoms with E-state index < -0.39 is 16.4 Å². The van der Waals surface area contributed by atoms with Gasteiger partial charge in [-0.1, -0.05) is 0 Å². The molecule has 0 aromatic carbocycles. The second-order valence-corrected chi connectivity index (χ2v) is 1.86. The number of hydrogen-bond donors (Lipinski definition) is 3. The molecule has 0 amide bonds. The standard InChI is InChI=1S/C2H4O2.Co.La.H2O4S/c1-2(3)4;;;1-5(2,3)4/h1H3,(H,3,4);;;(H2,1,2,3,4). The zero-order valence-electron chi connectivity index (χ0n) is 5.39. The van der Waals surface area contributed by atoms with E-state index in [2.05, 4.69) is 0 Å². The summed E-state index contributed by atoms with van der Waals surface area (Å²) in [5, 5.41) is 7.42. The maximum Gasteiger partial charge on any atom is 0.394 e. The Morgan fingerprint density at radius 1 is 1.27 bits per heavy atom. The maximum atomic E-state index is 9.00. The molecule has 9 heteroatoms. The Labute approximate surface area is 102 Å². The van der Waals surface area contributed by atoms with Crippen LogP contribution in [0.25, 0.3) is 0 Å². The molecule has 0 aliphatic rings. The Hall–Kier alpha value is 1.04. The summed E-state index contributed by atoms with van der Waals surface area (Å²) in [6.07, 6.45) is 0. The van der Waals surface area contributed by atoms with Gasteiger partial charge in [-0.3, -0.25) is 13.9 Å². The third-order valence-electron chi connectivity index (χ3n) is 0. The predicted molar refractivity (Wildman–Crippen MR) is 27.5 cm³/mol. The van der Waals surface area contributed by atoms with Crippen molar-refractivity contribution in [2.45, 2.75) is 6.92 Å². The molecule has 0 aliphatic carbocycles. The molecular formula is C2H6CoLaO6S. The Morgan fingerprint density at radius 2 is 1.27 bits per heavy atom. The number of hydrogen-bond acceptors (Lipinski definition) is 3. The molecule has 68 valence electrons. The van der Waals surface area contributed by atoms with E-state index in [-0.39, 0.29) is 52.4 Å². The molecule has 0 rings (SSSR count). The molecule has 0 atom stereocenters. The van der Waals surface area contributed by atoms with Crippen molar-refractivity contribution in [3.8, 4) is 0 Å². The first-order valence-corrected chi connectivity index (χ1v) is 3.02. The van der Waals surface area contributed by atoms with Crippen LogP contribution in [0.15, 0.2) is 0 Å². The van der Waals surface area contributed by atoms with Crippen molar-refractivity contribution in [2.75, 3.05) is 0 Å². The fourth-order valence-corrected chi connectivity index (χ4v) is 0. The van der Waals surface area contributed by atoms with Gasteiger partial charge < -0.3 is 5.11 Å². The fourth-order valence-electron chi connectivity index (χ4n) is 0. The van der Waals surface area contributed by atoms with Crippen LogP contribution in [0.2, 0.25) is 0 Å². The van der Waals surface area contributed by atoms with Crippen molar-refractivity contribution in [1.82, 2.24) is 0 Å². The number of aliphatic carboxylic acids is 1. The van der Waals surface area contributed by atoms with Crippen molar-refractivity contribution in [3.63, 3.8) is 0 Å². The van der Waals surface area contributed by atoms with Gasteiger partial charge in [-0.05, 0) is 0 Å². The van der Waals surface area contributed by atoms with Crippen molar-refractivity contribution < 1.29 is 79.8 Å². The van der Waals surface area contributed by atoms with Crippen LogP contribution in [0.5, 0.6) is 0 Å². The summed E-state index contributed by atoms with van der Waals surface area (Å²) in [5.74, 6) is -0.833. The number of rotatable bonds is 0. The summed E-state index contributed by atoms with van der Waals surface area (Å²) < 4.78 is 31.6. The average molecular weight is 356 g/mol. The van der Waals surface area contributed by atoms with Crippen LogP contribution in [-0.2, 0) is 32.0 Å². The molecular weight excluding hydrogens is 350 g/mol. The quantitative estimate of drug-likeness (QED) is 0.502. The largest absolute Gasteiger partial charge is 0.481 e. The molecule has 0 heterocycles. The minimum atomic E-state index is -4.67. The number of carboxylic acids is 1. The van der Waals surface area contributed by atoms with Crippen LogP contribution in [-0.4, -0.2) is 28.6 Å². The van der Waals surface area contributed by atoms with Crippen LogP contribution in [0.4, 0.5) is 0 Å². The Kier molecular flexibility index (Phi) is 22.8. The molecule has 0 saturated carbocycles. The van der Waals surface area contributed by atoms with E-state index in [0.717, 1.165) is 6.92 Å². The molecule has 11 heavy (non-hydrogen) atoms. The van der Waals surface area contributed by atoms with E-state index in [4.69, 9.17) is 27.4 Å². The zero-order chi connectivity index (χ0) is 8.08. The first-order valence-electron chi connectivity index (χ1n) is 1.63. The van der Waals surface area contributed by atoms with Crippen molar-refractivity contribution in [2.24, 2.45) is 0 Å². The number of carbonyl (C=O) groups is 1.